The first-order valence-corrected chi connectivity index (χ1v) is 11.0. The van der Waals surface area contributed by atoms with E-state index in [4.69, 9.17) is 0 Å². The first kappa shape index (κ1) is 17.2. The third kappa shape index (κ3) is 2.84. The average molecular weight is 389 g/mol. The lowest BCUT2D eigenvalue weighted by molar-refractivity contribution is 0.189. The number of aliphatic hydroxyl groups excluding tert-OH is 1. The Kier molecular flexibility index (Phi) is 3.99. The molecule has 5 rings (SSSR count). The molecular weight excluding hydrogens is 366 g/mol. The lowest BCUT2D eigenvalue weighted by Crippen LogP contribution is -2.30. The molecule has 144 valence electrons. The molecule has 1 aromatic heterocycles. The van der Waals surface area contributed by atoms with Gasteiger partial charge in [0.05, 0.1) is 6.10 Å². The SMILES string of the molecule is O=S(=O)(c1nc(Nc2c3c(cc4c2CCC4)CCC3)n[nH]1)N1CCC(O)C1. The second-order valence-electron chi connectivity index (χ2n) is 7.63. The Morgan fingerprint density at radius 1 is 1.15 bits per heavy atom. The molecule has 2 heterocycles. The number of hydrogen-bond donors (Lipinski definition) is 3. The topological polar surface area (TPSA) is 111 Å². The van der Waals surface area contributed by atoms with E-state index in [0.717, 1.165) is 44.2 Å². The molecule has 9 heteroatoms. The summed E-state index contributed by atoms with van der Waals surface area (Å²) in [7, 11) is -3.76. The monoisotopic (exact) mass is 389 g/mol. The number of aromatic amines is 1. The Hall–Kier alpha value is -1.97. The maximum Gasteiger partial charge on any atom is 0.278 e. The molecule has 1 atom stereocenters. The molecule has 0 radical (unpaired) electrons. The summed E-state index contributed by atoms with van der Waals surface area (Å²) in [6.45, 7) is 0.401. The largest absolute Gasteiger partial charge is 0.392 e. The minimum atomic E-state index is -3.76. The number of rotatable bonds is 4. The number of aliphatic hydroxyl groups is 1. The molecule has 27 heavy (non-hydrogen) atoms. The van der Waals surface area contributed by atoms with Crippen molar-refractivity contribution in [3.63, 3.8) is 0 Å². The summed E-state index contributed by atoms with van der Waals surface area (Å²) in [5, 5.41) is 19.4. The fraction of sp³-hybridized carbons (Fsp3) is 0.556. The van der Waals surface area contributed by atoms with Crippen LogP contribution < -0.4 is 5.32 Å². The Morgan fingerprint density at radius 3 is 2.48 bits per heavy atom. The van der Waals surface area contributed by atoms with Gasteiger partial charge in [-0.15, -0.1) is 5.10 Å². The van der Waals surface area contributed by atoms with Crippen molar-refractivity contribution < 1.29 is 13.5 Å². The van der Waals surface area contributed by atoms with Crippen LogP contribution in [0.5, 0.6) is 0 Å². The highest BCUT2D eigenvalue weighted by molar-refractivity contribution is 7.89. The summed E-state index contributed by atoms with van der Waals surface area (Å²) in [5.74, 6) is 0.280. The lowest BCUT2D eigenvalue weighted by Gasteiger charge is -2.15. The van der Waals surface area contributed by atoms with Crippen molar-refractivity contribution in [1.82, 2.24) is 19.5 Å². The molecule has 8 nitrogen and oxygen atoms in total. The standard InChI is InChI=1S/C18H23N5O3S/c24-13-7-8-23(10-13)27(25,26)18-20-17(21-22-18)19-16-14-5-1-3-11(14)9-12-4-2-6-15(12)16/h9,13,24H,1-8,10H2,(H2,19,20,21,22). The van der Waals surface area contributed by atoms with Gasteiger partial charge in [0.25, 0.3) is 15.2 Å². The van der Waals surface area contributed by atoms with Crippen LogP contribution in [0.15, 0.2) is 11.2 Å². The smallest absolute Gasteiger partial charge is 0.278 e. The van der Waals surface area contributed by atoms with E-state index in [1.54, 1.807) is 0 Å². The summed E-state index contributed by atoms with van der Waals surface area (Å²) in [6.07, 6.45) is 6.40. The Morgan fingerprint density at radius 2 is 1.85 bits per heavy atom. The molecule has 1 unspecified atom stereocenters. The van der Waals surface area contributed by atoms with Crippen molar-refractivity contribution in [2.45, 2.75) is 56.2 Å². The van der Waals surface area contributed by atoms with Crippen LogP contribution >= 0.6 is 0 Å². The molecule has 0 spiro atoms. The van der Waals surface area contributed by atoms with Crippen LogP contribution in [-0.2, 0) is 35.7 Å². The van der Waals surface area contributed by atoms with Gasteiger partial charge in [-0.2, -0.15) is 9.29 Å². The fourth-order valence-corrected chi connectivity index (χ4v) is 5.87. The molecule has 1 aromatic carbocycles. The van der Waals surface area contributed by atoms with E-state index in [1.807, 2.05) is 0 Å². The molecule has 0 amide bonds. The molecule has 3 N–H and O–H groups in total. The maximum atomic E-state index is 12.7. The van der Waals surface area contributed by atoms with Crippen LogP contribution in [0.2, 0.25) is 0 Å². The molecule has 2 aliphatic carbocycles. The van der Waals surface area contributed by atoms with E-state index in [-0.39, 0.29) is 17.6 Å². The normalized spacial score (nSPS) is 22.2. The Balaban J connectivity index is 1.46. The number of hydrogen-bond acceptors (Lipinski definition) is 6. The summed E-state index contributed by atoms with van der Waals surface area (Å²) < 4.78 is 26.6. The highest BCUT2D eigenvalue weighted by Gasteiger charge is 2.34. The minimum absolute atomic E-state index is 0.103. The summed E-state index contributed by atoms with van der Waals surface area (Å²) in [6, 6.07) is 2.35. The van der Waals surface area contributed by atoms with Crippen molar-refractivity contribution >= 4 is 21.7 Å². The number of anilines is 2. The van der Waals surface area contributed by atoms with E-state index in [0.29, 0.717) is 13.0 Å². The predicted molar refractivity (Wildman–Crippen MR) is 99.5 cm³/mol. The van der Waals surface area contributed by atoms with Crippen LogP contribution in [0.4, 0.5) is 11.6 Å². The number of nitrogens with zero attached hydrogens (tertiary/aromatic N) is 3. The van der Waals surface area contributed by atoms with E-state index in [1.165, 1.54) is 26.6 Å². The zero-order valence-electron chi connectivity index (χ0n) is 15.0. The van der Waals surface area contributed by atoms with E-state index < -0.39 is 16.1 Å². The molecule has 1 fully saturated rings. The van der Waals surface area contributed by atoms with Gasteiger partial charge in [0, 0.05) is 18.8 Å². The molecular formula is C18H23N5O3S. The third-order valence-electron chi connectivity index (χ3n) is 5.89. The van der Waals surface area contributed by atoms with Crippen LogP contribution in [-0.4, -0.2) is 52.2 Å². The van der Waals surface area contributed by atoms with E-state index in [2.05, 4.69) is 26.6 Å². The quantitative estimate of drug-likeness (QED) is 0.726. The van der Waals surface area contributed by atoms with Gasteiger partial charge in [-0.25, -0.2) is 13.5 Å². The van der Waals surface area contributed by atoms with Crippen LogP contribution in [0.25, 0.3) is 0 Å². The lowest BCUT2D eigenvalue weighted by atomic mass is 9.99. The number of fused-ring (bicyclic) bond motifs is 2. The second kappa shape index (κ2) is 6.29. The Labute approximate surface area is 158 Å². The molecule has 3 aliphatic rings. The number of benzene rings is 1. The number of β-amino-alcohol motifs (C(OH)–C–C–N with tert-alkyl or cyclic N) is 1. The summed E-state index contributed by atoms with van der Waals surface area (Å²) >= 11 is 0. The summed E-state index contributed by atoms with van der Waals surface area (Å²) in [5.41, 5.74) is 6.53. The van der Waals surface area contributed by atoms with E-state index in [9.17, 15) is 13.5 Å². The Bertz CT molecular complexity index is 968. The van der Waals surface area contributed by atoms with E-state index >= 15 is 0 Å². The van der Waals surface area contributed by atoms with Crippen molar-refractivity contribution in [2.75, 3.05) is 18.4 Å². The van der Waals surface area contributed by atoms with Gasteiger partial charge >= 0.3 is 0 Å². The predicted octanol–water partition coefficient (Wildman–Crippen LogP) is 1.28. The number of aromatic nitrogens is 3. The summed E-state index contributed by atoms with van der Waals surface area (Å²) in [4.78, 5) is 4.21. The van der Waals surface area contributed by atoms with Gasteiger partial charge in [-0.1, -0.05) is 6.07 Å². The third-order valence-corrected chi connectivity index (χ3v) is 7.57. The van der Waals surface area contributed by atoms with Gasteiger partial charge < -0.3 is 10.4 Å². The van der Waals surface area contributed by atoms with Gasteiger partial charge in [0.2, 0.25) is 5.95 Å². The molecule has 2 aromatic rings. The van der Waals surface area contributed by atoms with Crippen molar-refractivity contribution in [1.29, 1.82) is 0 Å². The zero-order valence-corrected chi connectivity index (χ0v) is 15.8. The first-order valence-electron chi connectivity index (χ1n) is 9.56. The molecule has 1 aliphatic heterocycles. The van der Waals surface area contributed by atoms with Gasteiger partial charge in [0.15, 0.2) is 0 Å². The first-order chi connectivity index (χ1) is 13.0. The van der Waals surface area contributed by atoms with Crippen LogP contribution in [0, 0.1) is 0 Å². The highest BCUT2D eigenvalue weighted by Crippen LogP contribution is 2.39. The highest BCUT2D eigenvalue weighted by atomic mass is 32.2. The van der Waals surface area contributed by atoms with Crippen molar-refractivity contribution in [3.8, 4) is 0 Å². The molecule has 0 bridgehead atoms. The van der Waals surface area contributed by atoms with Crippen molar-refractivity contribution in [3.05, 3.63) is 28.3 Å². The fourth-order valence-electron chi connectivity index (χ4n) is 4.55. The minimum Gasteiger partial charge on any atom is -0.392 e. The second-order valence-corrected chi connectivity index (χ2v) is 9.48. The number of H-pyrrole nitrogens is 1. The average Bonchev–Trinajstić information content (AvgIpc) is 3.41. The maximum absolute atomic E-state index is 12.7. The van der Waals surface area contributed by atoms with Gasteiger partial charge in [-0.05, 0) is 67.2 Å². The van der Waals surface area contributed by atoms with Crippen LogP contribution in [0.1, 0.15) is 41.5 Å². The van der Waals surface area contributed by atoms with Gasteiger partial charge in [0.1, 0.15) is 0 Å². The number of aryl methyl sites for hydroxylation is 2. The molecule has 1 saturated heterocycles. The number of nitrogens with one attached hydrogen (secondary N) is 2. The number of sulfonamides is 1. The zero-order chi connectivity index (χ0) is 18.6. The molecule has 0 saturated carbocycles. The van der Waals surface area contributed by atoms with Crippen molar-refractivity contribution in [2.24, 2.45) is 0 Å². The van der Waals surface area contributed by atoms with Crippen LogP contribution in [0.3, 0.4) is 0 Å². The van der Waals surface area contributed by atoms with Gasteiger partial charge in [-0.3, -0.25) is 0 Å².